The van der Waals surface area contributed by atoms with Gasteiger partial charge in [0.15, 0.2) is 0 Å². The summed E-state index contributed by atoms with van der Waals surface area (Å²) in [4.78, 5) is 22.4. The van der Waals surface area contributed by atoms with Crippen LogP contribution in [0.1, 0.15) is 46.5 Å². The lowest BCUT2D eigenvalue weighted by molar-refractivity contribution is -0.143. The molecule has 1 amide bonds. The van der Waals surface area contributed by atoms with Crippen LogP contribution >= 0.6 is 0 Å². The second-order valence-electron chi connectivity index (χ2n) is 4.69. The maximum Gasteiger partial charge on any atom is 0.326 e. The number of aliphatic carboxylic acids is 1. The lowest BCUT2D eigenvalue weighted by Crippen LogP contribution is -2.45. The van der Waals surface area contributed by atoms with Crippen LogP contribution in [0.25, 0.3) is 0 Å². The fraction of sp³-hybridized carbons (Fsp3) is 0.833. The van der Waals surface area contributed by atoms with Crippen molar-refractivity contribution >= 4 is 11.9 Å². The standard InChI is InChI=1S/C12H23NO4/c1-4-5-6-9(12(16)17)13-11(15)10(14)7-8(2)3/h8-10,14H,4-7H2,1-3H3,(H,13,15)(H,16,17)/t9-,10+/m1/s1. The van der Waals surface area contributed by atoms with Crippen molar-refractivity contribution in [3.63, 3.8) is 0 Å². The summed E-state index contributed by atoms with van der Waals surface area (Å²) in [5.74, 6) is -1.46. The smallest absolute Gasteiger partial charge is 0.326 e. The summed E-state index contributed by atoms with van der Waals surface area (Å²) >= 11 is 0. The molecule has 0 aliphatic rings. The van der Waals surface area contributed by atoms with Crippen LogP contribution in [0.2, 0.25) is 0 Å². The maximum atomic E-state index is 11.5. The second-order valence-corrected chi connectivity index (χ2v) is 4.69. The molecule has 0 saturated carbocycles. The van der Waals surface area contributed by atoms with E-state index >= 15 is 0 Å². The fourth-order valence-electron chi connectivity index (χ4n) is 1.49. The predicted molar refractivity (Wildman–Crippen MR) is 64.6 cm³/mol. The average Bonchev–Trinajstić information content (AvgIpc) is 2.22. The van der Waals surface area contributed by atoms with Gasteiger partial charge in [0.2, 0.25) is 5.91 Å². The Morgan fingerprint density at radius 3 is 2.29 bits per heavy atom. The van der Waals surface area contributed by atoms with Gasteiger partial charge in [0.25, 0.3) is 0 Å². The molecule has 2 atom stereocenters. The molecule has 0 aromatic heterocycles. The molecule has 3 N–H and O–H groups in total. The summed E-state index contributed by atoms with van der Waals surface area (Å²) < 4.78 is 0. The number of carbonyl (C=O) groups excluding carboxylic acids is 1. The molecule has 0 radical (unpaired) electrons. The molecule has 0 aliphatic heterocycles. The summed E-state index contributed by atoms with van der Waals surface area (Å²) in [6.07, 6.45) is 1.21. The van der Waals surface area contributed by atoms with E-state index in [-0.39, 0.29) is 5.92 Å². The number of unbranched alkanes of at least 4 members (excludes halogenated alkanes) is 1. The molecular weight excluding hydrogens is 222 g/mol. The number of hydrogen-bond donors (Lipinski definition) is 3. The van der Waals surface area contributed by atoms with Gasteiger partial charge in [-0.15, -0.1) is 0 Å². The molecular formula is C12H23NO4. The van der Waals surface area contributed by atoms with Crippen LogP contribution in [0.3, 0.4) is 0 Å². The van der Waals surface area contributed by atoms with Gasteiger partial charge in [-0.05, 0) is 18.8 Å². The summed E-state index contributed by atoms with van der Waals surface area (Å²) in [5.41, 5.74) is 0. The number of carboxylic acid groups (broad SMARTS) is 1. The molecule has 0 saturated heterocycles. The highest BCUT2D eigenvalue weighted by molar-refractivity contribution is 5.86. The van der Waals surface area contributed by atoms with Crippen molar-refractivity contribution in [1.29, 1.82) is 0 Å². The van der Waals surface area contributed by atoms with Gasteiger partial charge in [-0.3, -0.25) is 4.79 Å². The number of rotatable bonds is 8. The first kappa shape index (κ1) is 15.9. The first-order chi connectivity index (χ1) is 7.88. The van der Waals surface area contributed by atoms with Crippen LogP contribution in [-0.2, 0) is 9.59 Å². The minimum Gasteiger partial charge on any atom is -0.480 e. The molecule has 0 heterocycles. The minimum absolute atomic E-state index is 0.190. The van der Waals surface area contributed by atoms with Crippen molar-refractivity contribution in [2.24, 2.45) is 5.92 Å². The third kappa shape index (κ3) is 6.94. The fourth-order valence-corrected chi connectivity index (χ4v) is 1.49. The Kier molecular flexibility index (Phi) is 7.54. The molecule has 0 rings (SSSR count). The number of carbonyl (C=O) groups is 2. The number of hydrogen-bond acceptors (Lipinski definition) is 3. The van der Waals surface area contributed by atoms with E-state index in [2.05, 4.69) is 5.32 Å². The van der Waals surface area contributed by atoms with E-state index in [4.69, 9.17) is 5.11 Å². The Morgan fingerprint density at radius 2 is 1.88 bits per heavy atom. The van der Waals surface area contributed by atoms with E-state index < -0.39 is 24.0 Å². The van der Waals surface area contributed by atoms with Crippen LogP contribution in [-0.4, -0.2) is 34.2 Å². The molecule has 0 unspecified atom stereocenters. The van der Waals surface area contributed by atoms with Gasteiger partial charge in [0, 0.05) is 0 Å². The van der Waals surface area contributed by atoms with Crippen molar-refractivity contribution in [3.8, 4) is 0 Å². The SMILES string of the molecule is CCCC[C@@H](NC(=O)[C@@H](O)CC(C)C)C(=O)O. The number of aliphatic hydroxyl groups excluding tert-OH is 1. The Morgan fingerprint density at radius 1 is 1.29 bits per heavy atom. The van der Waals surface area contributed by atoms with Crippen LogP contribution in [0.15, 0.2) is 0 Å². The largest absolute Gasteiger partial charge is 0.480 e. The predicted octanol–water partition coefficient (Wildman–Crippen LogP) is 1.15. The van der Waals surface area contributed by atoms with Crippen LogP contribution in [0.4, 0.5) is 0 Å². The molecule has 0 bridgehead atoms. The van der Waals surface area contributed by atoms with Crippen LogP contribution in [0, 0.1) is 5.92 Å². The van der Waals surface area contributed by atoms with E-state index in [0.717, 1.165) is 12.8 Å². The Bertz CT molecular complexity index is 253. The van der Waals surface area contributed by atoms with Crippen molar-refractivity contribution in [3.05, 3.63) is 0 Å². The van der Waals surface area contributed by atoms with Gasteiger partial charge < -0.3 is 15.5 Å². The van der Waals surface area contributed by atoms with Crippen molar-refractivity contribution < 1.29 is 19.8 Å². The maximum absolute atomic E-state index is 11.5. The molecule has 17 heavy (non-hydrogen) atoms. The molecule has 0 spiro atoms. The molecule has 0 aromatic rings. The van der Waals surface area contributed by atoms with Gasteiger partial charge in [-0.25, -0.2) is 4.79 Å². The van der Waals surface area contributed by atoms with E-state index in [1.807, 2.05) is 20.8 Å². The van der Waals surface area contributed by atoms with Crippen molar-refractivity contribution in [2.45, 2.75) is 58.6 Å². The molecule has 5 heteroatoms. The molecule has 100 valence electrons. The molecule has 5 nitrogen and oxygen atoms in total. The quantitative estimate of drug-likeness (QED) is 0.598. The Balaban J connectivity index is 4.24. The third-order valence-electron chi connectivity index (χ3n) is 2.46. The van der Waals surface area contributed by atoms with E-state index in [0.29, 0.717) is 12.8 Å². The number of carboxylic acids is 1. The normalized spacial score (nSPS) is 14.4. The van der Waals surface area contributed by atoms with Gasteiger partial charge in [0.05, 0.1) is 0 Å². The second kappa shape index (κ2) is 8.06. The highest BCUT2D eigenvalue weighted by Gasteiger charge is 2.23. The third-order valence-corrected chi connectivity index (χ3v) is 2.46. The molecule has 0 aromatic carbocycles. The lowest BCUT2D eigenvalue weighted by atomic mass is 10.0. The molecule has 0 aliphatic carbocycles. The summed E-state index contributed by atoms with van der Waals surface area (Å²) in [5, 5.41) is 20.8. The average molecular weight is 245 g/mol. The van der Waals surface area contributed by atoms with Gasteiger partial charge in [-0.2, -0.15) is 0 Å². The zero-order valence-electron chi connectivity index (χ0n) is 10.8. The zero-order chi connectivity index (χ0) is 13.4. The monoisotopic (exact) mass is 245 g/mol. The van der Waals surface area contributed by atoms with E-state index in [1.54, 1.807) is 0 Å². The van der Waals surface area contributed by atoms with Gasteiger partial charge in [0.1, 0.15) is 12.1 Å². The van der Waals surface area contributed by atoms with Crippen molar-refractivity contribution in [2.75, 3.05) is 0 Å². The topological polar surface area (TPSA) is 86.6 Å². The summed E-state index contributed by atoms with van der Waals surface area (Å²) in [6, 6.07) is -0.899. The van der Waals surface area contributed by atoms with E-state index in [1.165, 1.54) is 0 Å². The van der Waals surface area contributed by atoms with Crippen molar-refractivity contribution in [1.82, 2.24) is 5.32 Å². The first-order valence-corrected chi connectivity index (χ1v) is 6.09. The summed E-state index contributed by atoms with van der Waals surface area (Å²) in [6.45, 7) is 5.73. The number of amides is 1. The van der Waals surface area contributed by atoms with Crippen LogP contribution < -0.4 is 5.32 Å². The molecule has 0 fully saturated rings. The number of nitrogens with one attached hydrogen (secondary N) is 1. The highest BCUT2D eigenvalue weighted by Crippen LogP contribution is 2.06. The summed E-state index contributed by atoms with van der Waals surface area (Å²) in [7, 11) is 0. The van der Waals surface area contributed by atoms with Gasteiger partial charge >= 0.3 is 5.97 Å². The minimum atomic E-state index is -1.13. The Hall–Kier alpha value is -1.10. The zero-order valence-corrected chi connectivity index (χ0v) is 10.8. The van der Waals surface area contributed by atoms with E-state index in [9.17, 15) is 14.7 Å². The first-order valence-electron chi connectivity index (χ1n) is 6.09. The van der Waals surface area contributed by atoms with Crippen LogP contribution in [0.5, 0.6) is 0 Å². The lowest BCUT2D eigenvalue weighted by Gasteiger charge is -2.18. The Labute approximate surface area is 102 Å². The number of aliphatic hydroxyl groups is 1. The highest BCUT2D eigenvalue weighted by atomic mass is 16.4. The van der Waals surface area contributed by atoms with Gasteiger partial charge in [-0.1, -0.05) is 33.6 Å².